The molecule has 0 aliphatic carbocycles. The predicted molar refractivity (Wildman–Crippen MR) is 42.8 cm³/mol. The van der Waals surface area contributed by atoms with E-state index >= 15 is 0 Å². The SMILES string of the molecule is CCCC1=CCON1P(=O)(O)O. The van der Waals surface area contributed by atoms with E-state index < -0.39 is 7.75 Å². The molecule has 0 aromatic carbocycles. The van der Waals surface area contributed by atoms with E-state index in [9.17, 15) is 4.57 Å². The summed E-state index contributed by atoms with van der Waals surface area (Å²) in [6.45, 7) is 2.19. The molecule has 0 aromatic heterocycles. The first-order chi connectivity index (χ1) is 5.55. The van der Waals surface area contributed by atoms with Crippen molar-refractivity contribution >= 4 is 7.75 Å². The first kappa shape index (κ1) is 9.74. The van der Waals surface area contributed by atoms with E-state index in [2.05, 4.69) is 0 Å². The van der Waals surface area contributed by atoms with Crippen LogP contribution in [0.2, 0.25) is 0 Å². The molecule has 0 saturated heterocycles. The van der Waals surface area contributed by atoms with Crippen LogP contribution in [0.1, 0.15) is 19.8 Å². The van der Waals surface area contributed by atoms with Gasteiger partial charge in [0.15, 0.2) is 0 Å². The highest BCUT2D eigenvalue weighted by molar-refractivity contribution is 7.49. The summed E-state index contributed by atoms with van der Waals surface area (Å²) in [5, 5.41) is 0. The van der Waals surface area contributed by atoms with Gasteiger partial charge in [0.05, 0.1) is 12.3 Å². The molecule has 0 aromatic rings. The molecule has 12 heavy (non-hydrogen) atoms. The maximum Gasteiger partial charge on any atom is 0.453 e. The maximum atomic E-state index is 10.8. The van der Waals surface area contributed by atoms with Crippen LogP contribution in [0.3, 0.4) is 0 Å². The zero-order valence-electron chi connectivity index (χ0n) is 6.80. The van der Waals surface area contributed by atoms with Gasteiger partial charge in [0.2, 0.25) is 0 Å². The van der Waals surface area contributed by atoms with Crippen LogP contribution in [0.4, 0.5) is 0 Å². The summed E-state index contributed by atoms with van der Waals surface area (Å²) in [7, 11) is -4.26. The first-order valence-electron chi connectivity index (χ1n) is 3.74. The van der Waals surface area contributed by atoms with Crippen LogP contribution in [0, 0.1) is 0 Å². The molecule has 0 atom stereocenters. The molecule has 0 fully saturated rings. The molecule has 1 heterocycles. The maximum absolute atomic E-state index is 10.8. The van der Waals surface area contributed by atoms with Gasteiger partial charge in [-0.05, 0) is 12.5 Å². The van der Waals surface area contributed by atoms with Gasteiger partial charge in [0, 0.05) is 0 Å². The summed E-state index contributed by atoms with van der Waals surface area (Å²) in [5.41, 5.74) is 0.575. The van der Waals surface area contributed by atoms with Gasteiger partial charge in [-0.15, -0.1) is 0 Å². The molecule has 5 nitrogen and oxygen atoms in total. The topological polar surface area (TPSA) is 70.0 Å². The van der Waals surface area contributed by atoms with Gasteiger partial charge < -0.3 is 9.79 Å². The fourth-order valence-corrected chi connectivity index (χ4v) is 1.79. The lowest BCUT2D eigenvalue weighted by Crippen LogP contribution is -2.14. The molecule has 0 spiro atoms. The highest BCUT2D eigenvalue weighted by Gasteiger charge is 2.31. The van der Waals surface area contributed by atoms with E-state index in [4.69, 9.17) is 14.6 Å². The Kier molecular flexibility index (Phi) is 2.90. The third-order valence-corrected chi connectivity index (χ3v) is 2.35. The smallest absolute Gasteiger partial charge is 0.307 e. The number of allylic oxidation sites excluding steroid dienone is 1. The first-order valence-corrected chi connectivity index (χ1v) is 5.30. The van der Waals surface area contributed by atoms with E-state index in [0.29, 0.717) is 17.0 Å². The molecule has 0 radical (unpaired) electrons. The minimum Gasteiger partial charge on any atom is -0.307 e. The van der Waals surface area contributed by atoms with Gasteiger partial charge in [-0.25, -0.2) is 4.57 Å². The van der Waals surface area contributed by atoms with Gasteiger partial charge in [-0.2, -0.15) is 4.83 Å². The highest BCUT2D eigenvalue weighted by Crippen LogP contribution is 2.46. The van der Waals surface area contributed by atoms with E-state index in [1.165, 1.54) is 0 Å². The van der Waals surface area contributed by atoms with E-state index in [1.54, 1.807) is 6.08 Å². The Labute approximate surface area is 70.8 Å². The highest BCUT2D eigenvalue weighted by atomic mass is 31.2. The molecule has 6 heteroatoms. The van der Waals surface area contributed by atoms with Crippen LogP contribution in [-0.2, 0) is 9.40 Å². The Morgan fingerprint density at radius 1 is 1.75 bits per heavy atom. The van der Waals surface area contributed by atoms with Crippen molar-refractivity contribution < 1.29 is 19.2 Å². The van der Waals surface area contributed by atoms with Gasteiger partial charge >= 0.3 is 7.75 Å². The predicted octanol–water partition coefficient (Wildman–Crippen LogP) is 1.01. The average molecular weight is 193 g/mol. The van der Waals surface area contributed by atoms with Crippen molar-refractivity contribution in [1.29, 1.82) is 0 Å². The van der Waals surface area contributed by atoms with Crippen LogP contribution in [0.15, 0.2) is 11.8 Å². The minimum absolute atomic E-state index is 0.250. The van der Waals surface area contributed by atoms with E-state index in [-0.39, 0.29) is 6.61 Å². The van der Waals surface area contributed by atoms with E-state index in [1.807, 2.05) is 6.92 Å². The molecular formula is C6H12NO4P. The largest absolute Gasteiger partial charge is 0.453 e. The summed E-state index contributed by atoms with van der Waals surface area (Å²) in [5.74, 6) is 0. The third-order valence-electron chi connectivity index (χ3n) is 1.50. The van der Waals surface area contributed by atoms with Crippen molar-refractivity contribution in [2.75, 3.05) is 6.61 Å². The summed E-state index contributed by atoms with van der Waals surface area (Å²) in [6, 6.07) is 0. The molecule has 0 unspecified atom stereocenters. The second-order valence-corrected chi connectivity index (χ2v) is 3.92. The number of hydroxylamine groups is 1. The lowest BCUT2D eigenvalue weighted by molar-refractivity contribution is -0.0458. The standard InChI is InChI=1S/C6H12NO4P/c1-2-3-6-4-5-11-7(6)12(8,9)10/h4H,2-3,5H2,1H3,(H2,8,9,10). The third kappa shape index (κ3) is 2.08. The summed E-state index contributed by atoms with van der Waals surface area (Å²) in [4.78, 5) is 23.0. The van der Waals surface area contributed by atoms with Crippen molar-refractivity contribution in [2.45, 2.75) is 19.8 Å². The van der Waals surface area contributed by atoms with Gasteiger partial charge in [-0.1, -0.05) is 13.3 Å². The molecular weight excluding hydrogens is 181 g/mol. The average Bonchev–Trinajstić information content (AvgIpc) is 2.34. The van der Waals surface area contributed by atoms with Crippen LogP contribution < -0.4 is 0 Å². The Morgan fingerprint density at radius 3 is 2.92 bits per heavy atom. The fraction of sp³-hybridized carbons (Fsp3) is 0.667. The Bertz CT molecular complexity index is 234. The van der Waals surface area contributed by atoms with Crippen LogP contribution in [0.25, 0.3) is 0 Å². The zero-order valence-corrected chi connectivity index (χ0v) is 7.70. The van der Waals surface area contributed by atoms with Crippen molar-refractivity contribution in [2.24, 2.45) is 0 Å². The second kappa shape index (κ2) is 3.58. The molecule has 70 valence electrons. The second-order valence-electron chi connectivity index (χ2n) is 2.53. The van der Waals surface area contributed by atoms with Gasteiger partial charge in [-0.3, -0.25) is 4.84 Å². The van der Waals surface area contributed by atoms with E-state index in [0.717, 1.165) is 6.42 Å². The van der Waals surface area contributed by atoms with Crippen LogP contribution in [0.5, 0.6) is 0 Å². The molecule has 1 aliphatic rings. The molecule has 0 amide bonds. The molecule has 2 N–H and O–H groups in total. The van der Waals surface area contributed by atoms with Gasteiger partial charge in [0.1, 0.15) is 0 Å². The van der Waals surface area contributed by atoms with Gasteiger partial charge in [0.25, 0.3) is 0 Å². The van der Waals surface area contributed by atoms with Crippen LogP contribution >= 0.6 is 7.75 Å². The van der Waals surface area contributed by atoms with Crippen molar-refractivity contribution in [3.63, 3.8) is 0 Å². The summed E-state index contributed by atoms with van der Waals surface area (Å²) < 4.78 is 10.8. The fourth-order valence-electron chi connectivity index (χ4n) is 1.06. The number of hydrogen-bond acceptors (Lipinski definition) is 2. The minimum atomic E-state index is -4.26. The van der Waals surface area contributed by atoms with Crippen molar-refractivity contribution in [1.82, 2.24) is 4.83 Å². The molecule has 0 bridgehead atoms. The summed E-state index contributed by atoms with van der Waals surface area (Å²) in [6.07, 6.45) is 3.15. The number of nitrogens with zero attached hydrogens (tertiary/aromatic N) is 1. The number of hydrogen-bond donors (Lipinski definition) is 2. The normalized spacial score (nSPS) is 18.2. The Morgan fingerprint density at radius 2 is 2.42 bits per heavy atom. The Hall–Kier alpha value is -0.350. The Balaban J connectivity index is 2.68. The summed E-state index contributed by atoms with van der Waals surface area (Å²) >= 11 is 0. The zero-order chi connectivity index (χ0) is 9.19. The number of rotatable bonds is 3. The van der Waals surface area contributed by atoms with Crippen molar-refractivity contribution in [3.8, 4) is 0 Å². The van der Waals surface area contributed by atoms with Crippen LogP contribution in [-0.4, -0.2) is 21.2 Å². The lowest BCUT2D eigenvalue weighted by Gasteiger charge is -2.20. The molecule has 1 rings (SSSR count). The monoisotopic (exact) mass is 193 g/mol. The molecule has 1 aliphatic heterocycles. The van der Waals surface area contributed by atoms with Crippen molar-refractivity contribution in [3.05, 3.63) is 11.8 Å². The quantitative estimate of drug-likeness (QED) is 0.654. The molecule has 0 saturated carbocycles. The lowest BCUT2D eigenvalue weighted by atomic mass is 10.2.